The van der Waals surface area contributed by atoms with Crippen LogP contribution in [0.1, 0.15) is 16.3 Å². The molecule has 0 saturated carbocycles. The van der Waals surface area contributed by atoms with Gasteiger partial charge in [0.1, 0.15) is 10.7 Å². The summed E-state index contributed by atoms with van der Waals surface area (Å²) in [4.78, 5) is 23.7. The molecule has 3 rings (SSSR count). The van der Waals surface area contributed by atoms with E-state index in [9.17, 15) is 4.79 Å². The van der Waals surface area contributed by atoms with Gasteiger partial charge >= 0.3 is 0 Å². The van der Waals surface area contributed by atoms with Crippen molar-refractivity contribution in [2.24, 2.45) is 5.92 Å². The van der Waals surface area contributed by atoms with E-state index in [0.29, 0.717) is 12.5 Å². The number of nitrogens with zero attached hydrogens (tertiary/aromatic N) is 2. The van der Waals surface area contributed by atoms with Gasteiger partial charge < -0.3 is 10.1 Å². The molecular weight excluding hydrogens is 262 g/mol. The molecule has 19 heavy (non-hydrogen) atoms. The van der Waals surface area contributed by atoms with Crippen LogP contribution in [0.3, 0.4) is 0 Å². The van der Waals surface area contributed by atoms with E-state index in [4.69, 9.17) is 5.11 Å². The van der Waals surface area contributed by atoms with Crippen LogP contribution in [0.15, 0.2) is 4.79 Å². The third kappa shape index (κ3) is 2.20. The number of nitrogens with one attached hydrogen (secondary N) is 1. The van der Waals surface area contributed by atoms with Crippen molar-refractivity contribution in [3.05, 3.63) is 26.6 Å². The Morgan fingerprint density at radius 2 is 2.21 bits per heavy atom. The SMILES string of the molecule is Cc1sc2nc(CN3CC(CO)C3)[nH]c(=O)c2c1C. The summed E-state index contributed by atoms with van der Waals surface area (Å²) in [6.45, 7) is 6.62. The first-order valence-corrected chi connectivity index (χ1v) is 7.22. The molecule has 102 valence electrons. The molecule has 0 atom stereocenters. The van der Waals surface area contributed by atoms with Crippen molar-refractivity contribution in [3.8, 4) is 0 Å². The topological polar surface area (TPSA) is 69.2 Å². The Balaban J connectivity index is 1.88. The van der Waals surface area contributed by atoms with Crippen molar-refractivity contribution >= 4 is 21.6 Å². The Kier molecular flexibility index (Phi) is 3.16. The Hall–Kier alpha value is -1.24. The second kappa shape index (κ2) is 4.70. The summed E-state index contributed by atoms with van der Waals surface area (Å²) < 4.78 is 0. The monoisotopic (exact) mass is 279 g/mol. The van der Waals surface area contributed by atoms with Gasteiger partial charge in [-0.15, -0.1) is 11.3 Å². The summed E-state index contributed by atoms with van der Waals surface area (Å²) in [6.07, 6.45) is 0. The van der Waals surface area contributed by atoms with Crippen molar-refractivity contribution < 1.29 is 5.11 Å². The molecular formula is C13H17N3O2S. The molecule has 0 radical (unpaired) electrons. The zero-order chi connectivity index (χ0) is 13.6. The average Bonchev–Trinajstić information content (AvgIpc) is 2.59. The van der Waals surface area contributed by atoms with Gasteiger partial charge in [0.2, 0.25) is 0 Å². The number of hydrogen-bond donors (Lipinski definition) is 2. The molecule has 6 heteroatoms. The number of thiophene rings is 1. The number of rotatable bonds is 3. The van der Waals surface area contributed by atoms with Crippen LogP contribution in [0.2, 0.25) is 0 Å². The van der Waals surface area contributed by atoms with E-state index in [1.807, 2.05) is 13.8 Å². The lowest BCUT2D eigenvalue weighted by Gasteiger charge is -2.37. The second-order valence-corrected chi connectivity index (χ2v) is 6.42. The highest BCUT2D eigenvalue weighted by molar-refractivity contribution is 7.18. The first-order chi connectivity index (χ1) is 9.08. The number of fused-ring (bicyclic) bond motifs is 1. The minimum atomic E-state index is -0.0407. The maximum absolute atomic E-state index is 12.1. The standard InChI is InChI=1S/C13H17N3O2S/c1-7-8(2)19-13-11(7)12(18)14-10(15-13)5-16-3-9(4-16)6-17/h9,17H,3-6H2,1-2H3,(H,14,15,18). The molecule has 2 N–H and O–H groups in total. The average molecular weight is 279 g/mol. The highest BCUT2D eigenvalue weighted by Crippen LogP contribution is 2.26. The zero-order valence-electron chi connectivity index (χ0n) is 11.1. The summed E-state index contributed by atoms with van der Waals surface area (Å²) in [7, 11) is 0. The van der Waals surface area contributed by atoms with Crippen LogP contribution < -0.4 is 5.56 Å². The van der Waals surface area contributed by atoms with E-state index in [2.05, 4.69) is 14.9 Å². The first-order valence-electron chi connectivity index (χ1n) is 6.40. The minimum absolute atomic E-state index is 0.0407. The number of aromatic nitrogens is 2. The van der Waals surface area contributed by atoms with Gasteiger partial charge in [-0.1, -0.05) is 0 Å². The molecule has 3 heterocycles. The summed E-state index contributed by atoms with van der Waals surface area (Å²) >= 11 is 1.58. The predicted octanol–water partition coefficient (Wildman–Crippen LogP) is 1.03. The van der Waals surface area contributed by atoms with Gasteiger partial charge in [0.15, 0.2) is 0 Å². The van der Waals surface area contributed by atoms with Crippen molar-refractivity contribution in [1.82, 2.24) is 14.9 Å². The number of aryl methyl sites for hydroxylation is 2. The highest BCUT2D eigenvalue weighted by Gasteiger charge is 2.26. The summed E-state index contributed by atoms with van der Waals surface area (Å²) in [5.41, 5.74) is 0.991. The lowest BCUT2D eigenvalue weighted by Crippen LogP contribution is -2.47. The van der Waals surface area contributed by atoms with Gasteiger partial charge in [-0.2, -0.15) is 0 Å². The molecule has 2 aromatic heterocycles. The molecule has 0 aliphatic carbocycles. The molecule has 0 spiro atoms. The molecule has 5 nitrogen and oxygen atoms in total. The third-order valence-corrected chi connectivity index (χ3v) is 4.85. The lowest BCUT2D eigenvalue weighted by atomic mass is 10.0. The molecule has 0 unspecified atom stereocenters. The second-order valence-electron chi connectivity index (χ2n) is 5.22. The van der Waals surface area contributed by atoms with Crippen molar-refractivity contribution in [2.45, 2.75) is 20.4 Å². The molecule has 0 amide bonds. The van der Waals surface area contributed by atoms with Gasteiger partial charge in [-0.05, 0) is 19.4 Å². The molecule has 0 bridgehead atoms. The van der Waals surface area contributed by atoms with Gasteiger partial charge in [-0.3, -0.25) is 9.69 Å². The van der Waals surface area contributed by atoms with E-state index < -0.39 is 0 Å². The summed E-state index contributed by atoms with van der Waals surface area (Å²) in [5, 5.41) is 9.72. The van der Waals surface area contributed by atoms with Crippen molar-refractivity contribution in [1.29, 1.82) is 0 Å². The molecule has 0 aromatic carbocycles. The number of aromatic amines is 1. The molecule has 1 fully saturated rings. The van der Waals surface area contributed by atoms with Crippen LogP contribution in [0.25, 0.3) is 10.2 Å². The van der Waals surface area contributed by atoms with Crippen molar-refractivity contribution in [3.63, 3.8) is 0 Å². The van der Waals surface area contributed by atoms with Crippen LogP contribution in [0.5, 0.6) is 0 Å². The van der Waals surface area contributed by atoms with E-state index in [1.165, 1.54) is 0 Å². The largest absolute Gasteiger partial charge is 0.396 e. The number of likely N-dealkylation sites (tertiary alicyclic amines) is 1. The van der Waals surface area contributed by atoms with Crippen LogP contribution in [-0.4, -0.2) is 39.7 Å². The zero-order valence-corrected chi connectivity index (χ0v) is 11.9. The fourth-order valence-electron chi connectivity index (χ4n) is 2.51. The molecule has 1 aliphatic heterocycles. The van der Waals surface area contributed by atoms with Crippen LogP contribution in [-0.2, 0) is 6.54 Å². The number of H-pyrrole nitrogens is 1. The third-order valence-electron chi connectivity index (χ3n) is 3.75. The van der Waals surface area contributed by atoms with E-state index in [-0.39, 0.29) is 12.2 Å². The lowest BCUT2D eigenvalue weighted by molar-refractivity contribution is 0.0460. The molecule has 1 aliphatic rings. The Bertz CT molecular complexity index is 670. The molecule has 1 saturated heterocycles. The normalized spacial score (nSPS) is 17.0. The number of hydrogen-bond acceptors (Lipinski definition) is 5. The smallest absolute Gasteiger partial charge is 0.259 e. The predicted molar refractivity (Wildman–Crippen MR) is 75.6 cm³/mol. The summed E-state index contributed by atoms with van der Waals surface area (Å²) in [5.74, 6) is 1.09. The Labute approximate surface area is 114 Å². The number of aliphatic hydroxyl groups excluding tert-OH is 1. The van der Waals surface area contributed by atoms with Gasteiger partial charge in [0.05, 0.1) is 11.9 Å². The van der Waals surface area contributed by atoms with E-state index in [1.54, 1.807) is 11.3 Å². The maximum Gasteiger partial charge on any atom is 0.259 e. The van der Waals surface area contributed by atoms with Crippen LogP contribution >= 0.6 is 11.3 Å². The van der Waals surface area contributed by atoms with Gasteiger partial charge in [-0.25, -0.2) is 4.98 Å². The Morgan fingerprint density at radius 1 is 1.47 bits per heavy atom. The van der Waals surface area contributed by atoms with Crippen LogP contribution in [0, 0.1) is 19.8 Å². The quantitative estimate of drug-likeness (QED) is 0.880. The van der Waals surface area contributed by atoms with Crippen molar-refractivity contribution in [2.75, 3.05) is 19.7 Å². The van der Waals surface area contributed by atoms with E-state index >= 15 is 0 Å². The highest BCUT2D eigenvalue weighted by atomic mass is 32.1. The number of aliphatic hydroxyl groups is 1. The fraction of sp³-hybridized carbons (Fsp3) is 0.538. The van der Waals surface area contributed by atoms with Gasteiger partial charge in [0, 0.05) is 30.5 Å². The van der Waals surface area contributed by atoms with Gasteiger partial charge in [0.25, 0.3) is 5.56 Å². The summed E-state index contributed by atoms with van der Waals surface area (Å²) in [6, 6.07) is 0. The van der Waals surface area contributed by atoms with Crippen LogP contribution in [0.4, 0.5) is 0 Å². The first kappa shape index (κ1) is 12.8. The maximum atomic E-state index is 12.1. The molecule has 2 aromatic rings. The minimum Gasteiger partial charge on any atom is -0.396 e. The Morgan fingerprint density at radius 3 is 2.89 bits per heavy atom. The van der Waals surface area contributed by atoms with E-state index in [0.717, 1.165) is 39.6 Å². The fourth-order valence-corrected chi connectivity index (χ4v) is 3.56.